The van der Waals surface area contributed by atoms with Gasteiger partial charge in [-0.05, 0) is 61.4 Å². The molecule has 0 saturated heterocycles. The van der Waals surface area contributed by atoms with E-state index in [9.17, 15) is 22.8 Å². The van der Waals surface area contributed by atoms with Crippen LogP contribution in [0.3, 0.4) is 0 Å². The fourth-order valence-corrected chi connectivity index (χ4v) is 3.06. The van der Waals surface area contributed by atoms with Gasteiger partial charge in [-0.2, -0.15) is 0 Å². The molecule has 2 amide bonds. The maximum absolute atomic E-state index is 12.1. The Hall–Kier alpha value is -2.55. The first-order valence-electron chi connectivity index (χ1n) is 9.92. The molecule has 9 heteroatoms. The van der Waals surface area contributed by atoms with E-state index >= 15 is 0 Å². The molecule has 0 unspecified atom stereocenters. The van der Waals surface area contributed by atoms with Gasteiger partial charge >= 0.3 is 6.36 Å². The Kier molecular flexibility index (Phi) is 9.84. The van der Waals surface area contributed by atoms with E-state index in [2.05, 4.69) is 31.3 Å². The van der Waals surface area contributed by atoms with E-state index in [0.29, 0.717) is 18.7 Å². The van der Waals surface area contributed by atoms with Gasteiger partial charge in [-0.15, -0.1) is 13.2 Å². The van der Waals surface area contributed by atoms with Crippen LogP contribution in [0, 0.1) is 0 Å². The van der Waals surface area contributed by atoms with Crippen molar-refractivity contribution in [3.05, 3.63) is 64.1 Å². The van der Waals surface area contributed by atoms with Crippen molar-refractivity contribution in [3.63, 3.8) is 0 Å². The van der Waals surface area contributed by atoms with Crippen molar-refractivity contribution in [1.29, 1.82) is 0 Å². The lowest BCUT2D eigenvalue weighted by molar-refractivity contribution is -0.274. The number of halogens is 4. The summed E-state index contributed by atoms with van der Waals surface area (Å²) in [6.45, 7) is 1.10. The van der Waals surface area contributed by atoms with Gasteiger partial charge in [0.1, 0.15) is 5.75 Å². The molecule has 0 spiro atoms. The normalized spacial score (nSPS) is 11.1. The van der Waals surface area contributed by atoms with Gasteiger partial charge in [0.15, 0.2) is 0 Å². The maximum Gasteiger partial charge on any atom is 0.573 e. The lowest BCUT2D eigenvalue weighted by atomic mass is 10.1. The Morgan fingerprint density at radius 3 is 1.61 bits per heavy atom. The molecule has 0 fully saturated rings. The minimum Gasteiger partial charge on any atom is -0.406 e. The van der Waals surface area contributed by atoms with E-state index in [1.807, 2.05) is 12.1 Å². The first kappa shape index (κ1) is 24.7. The zero-order valence-corrected chi connectivity index (χ0v) is 18.4. The second-order valence-electron chi connectivity index (χ2n) is 6.86. The summed E-state index contributed by atoms with van der Waals surface area (Å²) in [5.41, 5.74) is 0.900. The van der Waals surface area contributed by atoms with Gasteiger partial charge in [-0.1, -0.05) is 35.2 Å². The smallest absolute Gasteiger partial charge is 0.406 e. The highest BCUT2D eigenvalue weighted by atomic mass is 79.9. The largest absolute Gasteiger partial charge is 0.573 e. The van der Waals surface area contributed by atoms with Crippen LogP contribution in [0.15, 0.2) is 53.0 Å². The van der Waals surface area contributed by atoms with E-state index in [0.717, 1.165) is 48.7 Å². The van der Waals surface area contributed by atoms with Gasteiger partial charge < -0.3 is 15.4 Å². The molecule has 0 aliphatic rings. The molecule has 2 aromatic rings. The summed E-state index contributed by atoms with van der Waals surface area (Å²) in [6.07, 6.45) is -0.204. The maximum atomic E-state index is 12.1. The van der Waals surface area contributed by atoms with Crippen molar-refractivity contribution in [3.8, 4) is 5.75 Å². The second-order valence-corrected chi connectivity index (χ2v) is 7.77. The summed E-state index contributed by atoms with van der Waals surface area (Å²) < 4.78 is 41.1. The highest BCUT2D eigenvalue weighted by Crippen LogP contribution is 2.22. The molecule has 0 saturated carbocycles. The highest BCUT2D eigenvalue weighted by molar-refractivity contribution is 9.10. The molecule has 2 aromatic carbocycles. The fraction of sp³-hybridized carbons (Fsp3) is 0.364. The van der Waals surface area contributed by atoms with Crippen LogP contribution in [-0.2, 0) is 0 Å². The second kappa shape index (κ2) is 12.3. The Morgan fingerprint density at radius 2 is 1.16 bits per heavy atom. The number of amides is 2. The van der Waals surface area contributed by atoms with E-state index < -0.39 is 6.36 Å². The number of carbonyl (C=O) groups is 2. The Balaban J connectivity index is 1.51. The Bertz CT molecular complexity index is 841. The molecular formula is C22H24BrF3N2O3. The number of carbonyl (C=O) groups excluding carboxylic acids is 2. The quantitative estimate of drug-likeness (QED) is 0.402. The van der Waals surface area contributed by atoms with Crippen molar-refractivity contribution >= 4 is 27.7 Å². The number of nitrogens with one attached hydrogen (secondary N) is 2. The van der Waals surface area contributed by atoms with Crippen LogP contribution >= 0.6 is 15.9 Å². The molecule has 0 aliphatic heterocycles. The third kappa shape index (κ3) is 9.87. The van der Waals surface area contributed by atoms with E-state index in [1.54, 1.807) is 12.1 Å². The molecule has 0 heterocycles. The van der Waals surface area contributed by atoms with Crippen molar-refractivity contribution in [2.45, 2.75) is 38.5 Å². The predicted molar refractivity (Wildman–Crippen MR) is 115 cm³/mol. The predicted octanol–water partition coefficient (Wildman–Crippen LogP) is 5.46. The molecule has 2 rings (SSSR count). The van der Waals surface area contributed by atoms with Crippen LogP contribution < -0.4 is 15.4 Å². The Labute approximate surface area is 187 Å². The van der Waals surface area contributed by atoms with Gasteiger partial charge in [0.2, 0.25) is 0 Å². The van der Waals surface area contributed by atoms with Gasteiger partial charge in [0.25, 0.3) is 11.8 Å². The molecular weight excluding hydrogens is 477 g/mol. The number of hydrogen-bond donors (Lipinski definition) is 2. The van der Waals surface area contributed by atoms with Crippen molar-refractivity contribution in [2.75, 3.05) is 13.1 Å². The molecule has 31 heavy (non-hydrogen) atoms. The SMILES string of the molecule is O=C(NCCCCCCCNC(=O)c1ccc(OC(F)(F)F)cc1)c1ccc(Br)cc1. The first-order chi connectivity index (χ1) is 14.7. The van der Waals surface area contributed by atoms with Crippen LogP contribution in [0.5, 0.6) is 5.75 Å². The van der Waals surface area contributed by atoms with Crippen molar-refractivity contribution in [1.82, 2.24) is 10.6 Å². The number of benzene rings is 2. The summed E-state index contributed by atoms with van der Waals surface area (Å²) in [4.78, 5) is 24.0. The third-order valence-corrected chi connectivity index (χ3v) is 4.91. The fourth-order valence-electron chi connectivity index (χ4n) is 2.80. The van der Waals surface area contributed by atoms with E-state index in [-0.39, 0.29) is 23.1 Å². The highest BCUT2D eigenvalue weighted by Gasteiger charge is 2.31. The summed E-state index contributed by atoms with van der Waals surface area (Å²) in [5, 5.41) is 5.63. The summed E-state index contributed by atoms with van der Waals surface area (Å²) in [6, 6.07) is 12.0. The number of ether oxygens (including phenoxy) is 1. The molecule has 0 aromatic heterocycles. The lowest BCUT2D eigenvalue weighted by Crippen LogP contribution is -2.24. The van der Waals surface area contributed by atoms with Crippen LogP contribution in [0.2, 0.25) is 0 Å². The molecule has 0 bridgehead atoms. The molecule has 0 aliphatic carbocycles. The zero-order valence-electron chi connectivity index (χ0n) is 16.8. The van der Waals surface area contributed by atoms with Gasteiger partial charge in [0.05, 0.1) is 0 Å². The molecule has 168 valence electrons. The average molecular weight is 501 g/mol. The van der Waals surface area contributed by atoms with Crippen LogP contribution in [0.25, 0.3) is 0 Å². The number of hydrogen-bond acceptors (Lipinski definition) is 3. The van der Waals surface area contributed by atoms with Crippen molar-refractivity contribution < 1.29 is 27.5 Å². The van der Waals surface area contributed by atoms with E-state index in [1.165, 1.54) is 12.1 Å². The summed E-state index contributed by atoms with van der Waals surface area (Å²) >= 11 is 3.33. The zero-order chi connectivity index (χ0) is 22.7. The summed E-state index contributed by atoms with van der Waals surface area (Å²) in [5.74, 6) is -0.792. The molecule has 5 nitrogen and oxygen atoms in total. The van der Waals surface area contributed by atoms with Crippen molar-refractivity contribution in [2.24, 2.45) is 0 Å². The molecule has 2 N–H and O–H groups in total. The standard InChI is InChI=1S/C22H24BrF3N2O3/c23-18-10-6-16(7-11-18)20(29)27-14-4-2-1-3-5-15-28-21(30)17-8-12-19(13-9-17)31-22(24,25)26/h6-13H,1-5,14-15H2,(H,27,29)(H,28,30). The van der Waals surface area contributed by atoms with Crippen LogP contribution in [0.4, 0.5) is 13.2 Å². The average Bonchev–Trinajstić information content (AvgIpc) is 2.72. The number of alkyl halides is 3. The molecule has 0 radical (unpaired) electrons. The lowest BCUT2D eigenvalue weighted by Gasteiger charge is -2.09. The third-order valence-electron chi connectivity index (χ3n) is 4.38. The van der Waals surface area contributed by atoms with Crippen LogP contribution in [-0.4, -0.2) is 31.3 Å². The van der Waals surface area contributed by atoms with Gasteiger partial charge in [-0.3, -0.25) is 9.59 Å². The van der Waals surface area contributed by atoms with Gasteiger partial charge in [0, 0.05) is 28.7 Å². The monoisotopic (exact) mass is 500 g/mol. The number of unbranched alkanes of at least 4 members (excludes halogenated alkanes) is 4. The Morgan fingerprint density at radius 1 is 0.742 bits per heavy atom. The summed E-state index contributed by atoms with van der Waals surface area (Å²) in [7, 11) is 0. The molecule has 0 atom stereocenters. The van der Waals surface area contributed by atoms with Gasteiger partial charge in [-0.25, -0.2) is 0 Å². The van der Waals surface area contributed by atoms with E-state index in [4.69, 9.17) is 0 Å². The minimum atomic E-state index is -4.76. The topological polar surface area (TPSA) is 67.4 Å². The number of rotatable bonds is 11. The minimum absolute atomic E-state index is 0.0896. The first-order valence-corrected chi connectivity index (χ1v) is 10.7. The van der Waals surface area contributed by atoms with Crippen LogP contribution in [0.1, 0.15) is 52.8 Å².